The predicted octanol–water partition coefficient (Wildman–Crippen LogP) is 2.19. The van der Waals surface area contributed by atoms with E-state index in [0.29, 0.717) is 17.5 Å². The number of carbonyl (C=O) groups excluding carboxylic acids is 1. The minimum absolute atomic E-state index is 0.0779. The van der Waals surface area contributed by atoms with Crippen molar-refractivity contribution >= 4 is 11.7 Å². The molecule has 6 nitrogen and oxygen atoms in total. The summed E-state index contributed by atoms with van der Waals surface area (Å²) in [6, 6.07) is -0.0779. The molecular weight excluding hydrogens is 292 g/mol. The van der Waals surface area contributed by atoms with Crippen molar-refractivity contribution in [1.29, 1.82) is 0 Å². The molecule has 0 unspecified atom stereocenters. The number of rotatable bonds is 1. The highest BCUT2D eigenvalue weighted by Gasteiger charge is 2.51. The van der Waals surface area contributed by atoms with Crippen LogP contribution in [-0.4, -0.2) is 46.2 Å². The zero-order chi connectivity index (χ0) is 16.2. The maximum atomic E-state index is 12.5. The fourth-order valence-corrected chi connectivity index (χ4v) is 3.68. The number of urea groups is 1. The normalized spacial score (nSPS) is 31.5. The van der Waals surface area contributed by atoms with Gasteiger partial charge in [0.2, 0.25) is 0 Å². The average molecular weight is 314 g/mol. The van der Waals surface area contributed by atoms with Crippen molar-refractivity contribution in [2.24, 2.45) is 11.8 Å². The number of anilines is 1. The highest BCUT2D eigenvalue weighted by atomic mass is 16.5. The third-order valence-electron chi connectivity index (χ3n) is 4.92. The summed E-state index contributed by atoms with van der Waals surface area (Å²) in [6.07, 6.45) is 8.00. The first-order valence-electron chi connectivity index (χ1n) is 8.14. The van der Waals surface area contributed by atoms with Gasteiger partial charge < -0.3 is 15.0 Å². The first-order valence-corrected chi connectivity index (χ1v) is 8.14. The Morgan fingerprint density at radius 2 is 1.74 bits per heavy atom. The van der Waals surface area contributed by atoms with E-state index < -0.39 is 0 Å². The summed E-state index contributed by atoms with van der Waals surface area (Å²) in [7, 11) is 0. The fourth-order valence-electron chi connectivity index (χ4n) is 3.68. The van der Waals surface area contributed by atoms with Gasteiger partial charge in [-0.15, -0.1) is 0 Å². The van der Waals surface area contributed by atoms with Gasteiger partial charge >= 0.3 is 6.03 Å². The molecule has 1 aromatic rings. The van der Waals surface area contributed by atoms with Gasteiger partial charge in [-0.2, -0.15) is 0 Å². The number of nitrogens with one attached hydrogen (secondary N) is 1. The monoisotopic (exact) mass is 314 g/mol. The van der Waals surface area contributed by atoms with Gasteiger partial charge in [-0.3, -0.25) is 0 Å². The standard InChI is InChI=1S/C17H22N4O2/c1-17(2,3)15-18-6-10(7-19-15)20-16(22)21-8-11-12(9-21)14-5-4-13(11)23-14/h4-7,11-14H,8-9H2,1-3H3,(H,20,22)/t11-,12-,13-,14-/m1/s1. The molecule has 0 aliphatic carbocycles. The average Bonchev–Trinajstić information content (AvgIpc) is 3.19. The lowest BCUT2D eigenvalue weighted by Crippen LogP contribution is -2.35. The lowest BCUT2D eigenvalue weighted by molar-refractivity contribution is 0.0892. The van der Waals surface area contributed by atoms with Crippen LogP contribution in [0.3, 0.4) is 0 Å². The molecule has 2 bridgehead atoms. The second-order valence-electron chi connectivity index (χ2n) is 7.66. The Balaban J connectivity index is 1.39. The summed E-state index contributed by atoms with van der Waals surface area (Å²) in [5.41, 5.74) is 0.540. The molecule has 0 radical (unpaired) electrons. The molecule has 3 aliphatic rings. The van der Waals surface area contributed by atoms with Gasteiger partial charge in [0, 0.05) is 30.3 Å². The number of hydrogen-bond donors (Lipinski definition) is 1. The van der Waals surface area contributed by atoms with Crippen LogP contribution >= 0.6 is 0 Å². The van der Waals surface area contributed by atoms with E-state index in [2.05, 4.69) is 48.2 Å². The van der Waals surface area contributed by atoms with E-state index >= 15 is 0 Å². The highest BCUT2D eigenvalue weighted by Crippen LogP contribution is 2.43. The van der Waals surface area contributed by atoms with Gasteiger partial charge in [-0.05, 0) is 0 Å². The number of likely N-dealkylation sites (tertiary alicyclic amines) is 1. The third kappa shape index (κ3) is 2.51. The van der Waals surface area contributed by atoms with Gasteiger partial charge in [0.15, 0.2) is 0 Å². The third-order valence-corrected chi connectivity index (χ3v) is 4.92. The number of aromatic nitrogens is 2. The second kappa shape index (κ2) is 5.03. The molecule has 2 amide bonds. The Morgan fingerprint density at radius 3 is 2.26 bits per heavy atom. The summed E-state index contributed by atoms with van der Waals surface area (Å²) in [5.74, 6) is 1.65. The molecule has 6 heteroatoms. The van der Waals surface area contributed by atoms with Crippen LogP contribution in [0.2, 0.25) is 0 Å². The van der Waals surface area contributed by atoms with Gasteiger partial charge in [-0.25, -0.2) is 14.8 Å². The molecule has 4 atom stereocenters. The predicted molar refractivity (Wildman–Crippen MR) is 86.1 cm³/mol. The van der Waals surface area contributed by atoms with Crippen molar-refractivity contribution in [3.63, 3.8) is 0 Å². The van der Waals surface area contributed by atoms with Gasteiger partial charge in [0.25, 0.3) is 0 Å². The van der Waals surface area contributed by atoms with Crippen LogP contribution in [0, 0.1) is 11.8 Å². The topological polar surface area (TPSA) is 67.4 Å². The molecule has 0 aromatic carbocycles. The van der Waals surface area contributed by atoms with Crippen molar-refractivity contribution in [3.8, 4) is 0 Å². The van der Waals surface area contributed by atoms with Crippen LogP contribution in [0.15, 0.2) is 24.5 Å². The van der Waals surface area contributed by atoms with Crippen LogP contribution in [0.1, 0.15) is 26.6 Å². The molecule has 2 fully saturated rings. The molecule has 1 N–H and O–H groups in total. The molecular formula is C17H22N4O2. The second-order valence-corrected chi connectivity index (χ2v) is 7.66. The molecule has 122 valence electrons. The number of hydrogen-bond acceptors (Lipinski definition) is 4. The molecule has 4 rings (SSSR count). The maximum Gasteiger partial charge on any atom is 0.321 e. The van der Waals surface area contributed by atoms with Crippen LogP contribution in [-0.2, 0) is 10.2 Å². The van der Waals surface area contributed by atoms with E-state index in [1.54, 1.807) is 12.4 Å². The highest BCUT2D eigenvalue weighted by molar-refractivity contribution is 5.89. The van der Waals surface area contributed by atoms with Crippen molar-refractivity contribution in [3.05, 3.63) is 30.4 Å². The largest absolute Gasteiger partial charge is 0.366 e. The molecule has 0 spiro atoms. The van der Waals surface area contributed by atoms with Crippen LogP contribution in [0.5, 0.6) is 0 Å². The van der Waals surface area contributed by atoms with E-state index in [0.717, 1.165) is 18.9 Å². The van der Waals surface area contributed by atoms with E-state index in [-0.39, 0.29) is 23.7 Å². The van der Waals surface area contributed by atoms with Crippen LogP contribution < -0.4 is 5.32 Å². The lowest BCUT2D eigenvalue weighted by atomic mass is 9.86. The molecule has 23 heavy (non-hydrogen) atoms. The van der Waals surface area contributed by atoms with E-state index in [1.807, 2.05) is 4.90 Å². The van der Waals surface area contributed by atoms with Crippen molar-refractivity contribution in [2.75, 3.05) is 18.4 Å². The Hall–Kier alpha value is -1.95. The first kappa shape index (κ1) is 14.6. The molecule has 2 saturated heterocycles. The van der Waals surface area contributed by atoms with Crippen LogP contribution in [0.25, 0.3) is 0 Å². The summed E-state index contributed by atoms with van der Waals surface area (Å²) in [6.45, 7) is 7.70. The maximum absolute atomic E-state index is 12.5. The minimum atomic E-state index is -0.0960. The summed E-state index contributed by atoms with van der Waals surface area (Å²) in [5, 5.41) is 2.90. The van der Waals surface area contributed by atoms with E-state index in [4.69, 9.17) is 4.74 Å². The number of carbonyl (C=O) groups is 1. The minimum Gasteiger partial charge on any atom is -0.366 e. The van der Waals surface area contributed by atoms with Gasteiger partial charge in [0.05, 0.1) is 30.3 Å². The summed E-state index contributed by atoms with van der Waals surface area (Å²) < 4.78 is 5.84. The van der Waals surface area contributed by atoms with Crippen LogP contribution in [0.4, 0.5) is 10.5 Å². The lowest BCUT2D eigenvalue weighted by Gasteiger charge is -2.20. The summed E-state index contributed by atoms with van der Waals surface area (Å²) >= 11 is 0. The van der Waals surface area contributed by atoms with Crippen molar-refractivity contribution in [1.82, 2.24) is 14.9 Å². The van der Waals surface area contributed by atoms with Gasteiger partial charge in [0.1, 0.15) is 5.82 Å². The Morgan fingerprint density at radius 1 is 1.17 bits per heavy atom. The Kier molecular flexibility index (Phi) is 3.20. The number of amides is 2. The molecule has 0 saturated carbocycles. The Labute approximate surface area is 135 Å². The van der Waals surface area contributed by atoms with Gasteiger partial charge in [-0.1, -0.05) is 32.9 Å². The fraction of sp³-hybridized carbons (Fsp3) is 0.588. The number of ether oxygens (including phenoxy) is 1. The smallest absolute Gasteiger partial charge is 0.321 e. The first-order chi connectivity index (χ1) is 10.9. The summed E-state index contributed by atoms with van der Waals surface area (Å²) in [4.78, 5) is 23.0. The molecule has 1 aromatic heterocycles. The SMILES string of the molecule is CC(C)(C)c1ncc(NC(=O)N2C[C@@H]3[C@@H](C2)[C@H]2C=C[C@H]3O2)cn1. The molecule has 3 aliphatic heterocycles. The zero-order valence-corrected chi connectivity index (χ0v) is 13.7. The molecule has 4 heterocycles. The quantitative estimate of drug-likeness (QED) is 0.807. The number of nitrogens with zero attached hydrogens (tertiary/aromatic N) is 3. The number of fused-ring (bicyclic) bond motifs is 5. The Bertz CT molecular complexity index is 630. The van der Waals surface area contributed by atoms with Crippen molar-refractivity contribution < 1.29 is 9.53 Å². The zero-order valence-electron chi connectivity index (χ0n) is 13.7. The van der Waals surface area contributed by atoms with E-state index in [1.165, 1.54) is 0 Å². The van der Waals surface area contributed by atoms with Crippen molar-refractivity contribution in [2.45, 2.75) is 38.4 Å². The van der Waals surface area contributed by atoms with E-state index in [9.17, 15) is 4.79 Å².